The average Bonchev–Trinajstić information content (AvgIpc) is 3.00. The van der Waals surface area contributed by atoms with Crippen molar-refractivity contribution in [3.8, 4) is 17.0 Å². The Labute approximate surface area is 124 Å². The topological polar surface area (TPSA) is 22.1 Å². The van der Waals surface area contributed by atoms with Gasteiger partial charge in [0.25, 0.3) is 0 Å². The van der Waals surface area contributed by atoms with Gasteiger partial charge in [-0.3, -0.25) is 0 Å². The van der Waals surface area contributed by atoms with Crippen molar-refractivity contribution in [1.82, 2.24) is 4.98 Å². The molecular weight excluding hydrogens is 258 g/mol. The van der Waals surface area contributed by atoms with Gasteiger partial charge in [0, 0.05) is 22.9 Å². The van der Waals surface area contributed by atoms with Gasteiger partial charge in [-0.15, -0.1) is 0 Å². The quantitative estimate of drug-likeness (QED) is 0.691. The summed E-state index contributed by atoms with van der Waals surface area (Å²) in [6.07, 6.45) is 1.98. The normalized spacial score (nSPS) is 13.2. The summed E-state index contributed by atoms with van der Waals surface area (Å²) in [5.74, 6) is 0.814. The molecule has 0 unspecified atom stereocenters. The Morgan fingerprint density at radius 2 is 1.86 bits per heavy atom. The van der Waals surface area contributed by atoms with Crippen LogP contribution in [0.3, 0.4) is 0 Å². The molecule has 0 N–H and O–H groups in total. The molecule has 2 aromatic carbocycles. The zero-order valence-corrected chi connectivity index (χ0v) is 12.1. The van der Waals surface area contributed by atoms with Gasteiger partial charge in [0.15, 0.2) is 0 Å². The number of hydrogen-bond acceptors (Lipinski definition) is 2. The number of para-hydroxylation sites is 1. The molecule has 21 heavy (non-hydrogen) atoms. The van der Waals surface area contributed by atoms with Crippen molar-refractivity contribution in [2.24, 2.45) is 0 Å². The number of fused-ring (bicyclic) bond motifs is 2. The van der Waals surface area contributed by atoms with Gasteiger partial charge in [-0.1, -0.05) is 49.4 Å². The molecule has 0 spiro atoms. The van der Waals surface area contributed by atoms with Crippen molar-refractivity contribution in [3.05, 3.63) is 59.7 Å². The third-order valence-electron chi connectivity index (χ3n) is 4.21. The van der Waals surface area contributed by atoms with Gasteiger partial charge >= 0.3 is 0 Å². The largest absolute Gasteiger partial charge is 0.477 e. The molecule has 2 heteroatoms. The van der Waals surface area contributed by atoms with Crippen LogP contribution >= 0.6 is 0 Å². The lowest BCUT2D eigenvalue weighted by molar-refractivity contribution is 0.346. The maximum atomic E-state index is 5.73. The molecule has 0 atom stereocenters. The zero-order chi connectivity index (χ0) is 14.2. The fourth-order valence-electron chi connectivity index (χ4n) is 3.21. The van der Waals surface area contributed by atoms with Gasteiger partial charge in [-0.05, 0) is 23.6 Å². The Hall–Kier alpha value is -2.35. The van der Waals surface area contributed by atoms with Crippen molar-refractivity contribution in [3.63, 3.8) is 0 Å². The standard InChI is InChI=1S/C19H17NO/c1-2-13-7-3-4-8-14(13)18-15-9-5-6-10-17(15)20-19-16(18)11-12-21-19/h3-10H,2,11-12H2,1H3. The molecule has 3 aromatic rings. The molecule has 2 heterocycles. The van der Waals surface area contributed by atoms with Crippen LogP contribution in [0.4, 0.5) is 0 Å². The Bertz CT molecular complexity index is 823. The van der Waals surface area contributed by atoms with E-state index in [1.807, 2.05) is 6.07 Å². The molecule has 0 bridgehead atoms. The number of aryl methyl sites for hydroxylation is 1. The molecular formula is C19H17NO. The minimum absolute atomic E-state index is 0.736. The van der Waals surface area contributed by atoms with E-state index in [1.165, 1.54) is 27.6 Å². The van der Waals surface area contributed by atoms with Gasteiger partial charge in [-0.25, -0.2) is 4.98 Å². The van der Waals surface area contributed by atoms with Gasteiger partial charge in [0.2, 0.25) is 5.88 Å². The van der Waals surface area contributed by atoms with Gasteiger partial charge in [0.05, 0.1) is 12.1 Å². The number of hydrogen-bond donors (Lipinski definition) is 0. The molecule has 0 radical (unpaired) electrons. The molecule has 0 saturated heterocycles. The lowest BCUT2D eigenvalue weighted by Crippen LogP contribution is -1.95. The lowest BCUT2D eigenvalue weighted by atomic mass is 9.91. The Kier molecular flexibility index (Phi) is 2.88. The van der Waals surface area contributed by atoms with Crippen LogP contribution in [0.5, 0.6) is 5.88 Å². The summed E-state index contributed by atoms with van der Waals surface area (Å²) in [5.41, 5.74) is 6.28. The number of rotatable bonds is 2. The Morgan fingerprint density at radius 1 is 1.05 bits per heavy atom. The molecule has 0 fully saturated rings. The van der Waals surface area contributed by atoms with Crippen LogP contribution in [0.25, 0.3) is 22.0 Å². The van der Waals surface area contributed by atoms with Crippen molar-refractivity contribution in [2.45, 2.75) is 19.8 Å². The van der Waals surface area contributed by atoms with Crippen LogP contribution in [0.15, 0.2) is 48.5 Å². The number of aromatic nitrogens is 1. The first-order valence-corrected chi connectivity index (χ1v) is 7.51. The Balaban J connectivity index is 2.12. The molecule has 4 rings (SSSR count). The van der Waals surface area contributed by atoms with Crippen LogP contribution in [-0.4, -0.2) is 11.6 Å². The van der Waals surface area contributed by atoms with Gasteiger partial charge in [0.1, 0.15) is 0 Å². The molecule has 2 nitrogen and oxygen atoms in total. The second-order valence-corrected chi connectivity index (χ2v) is 5.40. The van der Waals surface area contributed by atoms with Gasteiger partial charge < -0.3 is 4.74 Å². The summed E-state index contributed by atoms with van der Waals surface area (Å²) >= 11 is 0. The molecule has 104 valence electrons. The maximum Gasteiger partial charge on any atom is 0.217 e. The van der Waals surface area contributed by atoms with E-state index in [-0.39, 0.29) is 0 Å². The molecule has 0 amide bonds. The smallest absolute Gasteiger partial charge is 0.217 e. The monoisotopic (exact) mass is 275 g/mol. The van der Waals surface area contributed by atoms with Crippen molar-refractivity contribution in [1.29, 1.82) is 0 Å². The van der Waals surface area contributed by atoms with E-state index in [0.717, 1.165) is 30.8 Å². The van der Waals surface area contributed by atoms with Crippen molar-refractivity contribution < 1.29 is 4.74 Å². The van der Waals surface area contributed by atoms with Gasteiger partial charge in [-0.2, -0.15) is 0 Å². The highest BCUT2D eigenvalue weighted by molar-refractivity contribution is 5.98. The van der Waals surface area contributed by atoms with E-state index in [1.54, 1.807) is 0 Å². The number of pyridine rings is 1. The highest BCUT2D eigenvalue weighted by Gasteiger charge is 2.22. The summed E-state index contributed by atoms with van der Waals surface area (Å²) in [6, 6.07) is 17.0. The fourth-order valence-corrected chi connectivity index (χ4v) is 3.21. The molecule has 0 aliphatic carbocycles. The molecule has 1 aliphatic heterocycles. The zero-order valence-electron chi connectivity index (χ0n) is 12.1. The SMILES string of the molecule is CCc1ccccc1-c1c2c(nc3ccccc13)OCC2. The van der Waals surface area contributed by atoms with E-state index in [2.05, 4.69) is 54.4 Å². The molecule has 0 saturated carbocycles. The van der Waals surface area contributed by atoms with Crippen LogP contribution in [0.1, 0.15) is 18.1 Å². The molecule has 1 aliphatic rings. The van der Waals surface area contributed by atoms with Crippen molar-refractivity contribution in [2.75, 3.05) is 6.61 Å². The summed E-state index contributed by atoms with van der Waals surface area (Å²) in [5, 5.41) is 1.22. The van der Waals surface area contributed by atoms with E-state index in [0.29, 0.717) is 0 Å². The van der Waals surface area contributed by atoms with Crippen LogP contribution in [0, 0.1) is 0 Å². The predicted octanol–water partition coefficient (Wildman–Crippen LogP) is 4.40. The maximum absolute atomic E-state index is 5.73. The third-order valence-corrected chi connectivity index (χ3v) is 4.21. The fraction of sp³-hybridized carbons (Fsp3) is 0.211. The Morgan fingerprint density at radius 3 is 2.76 bits per heavy atom. The predicted molar refractivity (Wildman–Crippen MR) is 85.8 cm³/mol. The van der Waals surface area contributed by atoms with E-state index >= 15 is 0 Å². The highest BCUT2D eigenvalue weighted by atomic mass is 16.5. The van der Waals surface area contributed by atoms with E-state index in [9.17, 15) is 0 Å². The lowest BCUT2D eigenvalue weighted by Gasteiger charge is -2.14. The van der Waals surface area contributed by atoms with Crippen LogP contribution in [-0.2, 0) is 12.8 Å². The second-order valence-electron chi connectivity index (χ2n) is 5.40. The average molecular weight is 275 g/mol. The first-order chi connectivity index (χ1) is 10.4. The van der Waals surface area contributed by atoms with E-state index < -0.39 is 0 Å². The summed E-state index contributed by atoms with van der Waals surface area (Å²) < 4.78 is 5.73. The summed E-state index contributed by atoms with van der Waals surface area (Å²) in [4.78, 5) is 4.68. The number of ether oxygens (including phenoxy) is 1. The summed E-state index contributed by atoms with van der Waals surface area (Å²) in [7, 11) is 0. The third kappa shape index (κ3) is 1.90. The number of nitrogens with zero attached hydrogens (tertiary/aromatic N) is 1. The second kappa shape index (κ2) is 4.88. The first-order valence-electron chi connectivity index (χ1n) is 7.51. The minimum Gasteiger partial charge on any atom is -0.477 e. The van der Waals surface area contributed by atoms with Crippen LogP contribution in [0.2, 0.25) is 0 Å². The van der Waals surface area contributed by atoms with Crippen LogP contribution < -0.4 is 4.74 Å². The van der Waals surface area contributed by atoms with Crippen molar-refractivity contribution >= 4 is 10.9 Å². The van der Waals surface area contributed by atoms with E-state index in [4.69, 9.17) is 4.74 Å². The minimum atomic E-state index is 0.736. The summed E-state index contributed by atoms with van der Waals surface area (Å²) in [6.45, 7) is 2.94. The highest BCUT2D eigenvalue weighted by Crippen LogP contribution is 2.40. The first kappa shape index (κ1) is 12.4. The molecule has 1 aromatic heterocycles. The number of benzene rings is 2.